The average molecular weight is 392 g/mol. The molecule has 7 N–H and O–H groups in total. The topological polar surface area (TPSA) is 151 Å². The summed E-state index contributed by atoms with van der Waals surface area (Å²) in [5.74, 6) is -1.39. The second-order valence-corrected chi connectivity index (χ2v) is 7.07. The molecule has 0 spiro atoms. The Bertz CT molecular complexity index is 833. The van der Waals surface area contributed by atoms with Gasteiger partial charge in [0.15, 0.2) is 0 Å². The van der Waals surface area contributed by atoms with Crippen LogP contribution in [0.25, 0.3) is 0 Å². The van der Waals surface area contributed by atoms with Crippen LogP contribution in [0, 0.1) is 6.92 Å². The number of rotatable bonds is 4. The number of ether oxygens (including phenoxy) is 1. The van der Waals surface area contributed by atoms with Crippen molar-refractivity contribution in [1.29, 1.82) is 0 Å². The Kier molecular flexibility index (Phi) is 5.78. The van der Waals surface area contributed by atoms with E-state index in [-0.39, 0.29) is 23.3 Å². The van der Waals surface area contributed by atoms with Gasteiger partial charge in [-0.1, -0.05) is 29.8 Å². The number of aryl methyl sites for hydroxylation is 1. The smallest absolute Gasteiger partial charge is 0.132 e. The summed E-state index contributed by atoms with van der Waals surface area (Å²) >= 11 is 0. The van der Waals surface area contributed by atoms with E-state index in [2.05, 4.69) is 0 Å². The quantitative estimate of drug-likeness (QED) is 0.390. The second kappa shape index (κ2) is 7.94. The van der Waals surface area contributed by atoms with Crippen LogP contribution >= 0.6 is 0 Å². The molecule has 1 saturated heterocycles. The molecule has 0 radical (unpaired) electrons. The molecule has 0 aliphatic carbocycles. The number of aliphatic hydroxyl groups excluding tert-OH is 4. The van der Waals surface area contributed by atoms with Gasteiger partial charge in [-0.2, -0.15) is 0 Å². The van der Waals surface area contributed by atoms with Crippen LogP contribution in [0.15, 0.2) is 30.3 Å². The van der Waals surface area contributed by atoms with Crippen molar-refractivity contribution in [2.45, 2.75) is 43.9 Å². The average Bonchev–Trinajstić information content (AvgIpc) is 2.66. The summed E-state index contributed by atoms with van der Waals surface area (Å²) in [6, 6.07) is 8.42. The summed E-state index contributed by atoms with van der Waals surface area (Å²) in [6.07, 6.45) is -7.38. The highest BCUT2D eigenvalue weighted by atomic mass is 16.5. The zero-order valence-electron chi connectivity index (χ0n) is 15.2. The molecule has 152 valence electrons. The van der Waals surface area contributed by atoms with Crippen LogP contribution in [0.4, 0.5) is 0 Å². The van der Waals surface area contributed by atoms with Crippen molar-refractivity contribution in [3.05, 3.63) is 52.6 Å². The van der Waals surface area contributed by atoms with Gasteiger partial charge in [0.05, 0.1) is 12.2 Å². The maximum atomic E-state index is 10.7. The predicted molar refractivity (Wildman–Crippen MR) is 98.1 cm³/mol. The lowest BCUT2D eigenvalue weighted by atomic mass is 9.88. The fourth-order valence-electron chi connectivity index (χ4n) is 3.40. The Balaban J connectivity index is 2.02. The molecular formula is C20H24O8. The van der Waals surface area contributed by atoms with E-state index < -0.39 is 48.6 Å². The lowest BCUT2D eigenvalue weighted by Gasteiger charge is -2.40. The van der Waals surface area contributed by atoms with Gasteiger partial charge in [0, 0.05) is 18.1 Å². The highest BCUT2D eigenvalue weighted by molar-refractivity contribution is 5.58. The highest BCUT2D eigenvalue weighted by Gasteiger charge is 2.46. The minimum atomic E-state index is -1.67. The molecule has 1 aliphatic rings. The van der Waals surface area contributed by atoms with E-state index in [1.54, 1.807) is 0 Å². The number of phenols is 3. The molecular weight excluding hydrogens is 368 g/mol. The molecule has 1 heterocycles. The van der Waals surface area contributed by atoms with Crippen molar-refractivity contribution < 1.29 is 40.5 Å². The standard InChI is InChI=1S/C20H24O8/c1-9-2-4-10(5-3-9)6-11-12(22)7-13(23)15(16(11)24)20-19(27)18(26)17(25)14(8-21)28-20/h2-5,7,14,17-27H,6,8H2,1H3/t14-,17-,18+,19-,20+/m1/s1. The maximum absolute atomic E-state index is 10.7. The molecule has 0 aromatic heterocycles. The van der Waals surface area contributed by atoms with Crippen molar-refractivity contribution in [3.8, 4) is 17.2 Å². The molecule has 0 amide bonds. The summed E-state index contributed by atoms with van der Waals surface area (Å²) in [5, 5.41) is 70.8. The Morgan fingerprint density at radius 2 is 1.54 bits per heavy atom. The number of aromatic hydroxyl groups is 3. The van der Waals surface area contributed by atoms with Gasteiger partial charge in [0.2, 0.25) is 0 Å². The van der Waals surface area contributed by atoms with Crippen LogP contribution in [-0.4, -0.2) is 66.8 Å². The lowest BCUT2D eigenvalue weighted by Crippen LogP contribution is -2.55. The molecule has 28 heavy (non-hydrogen) atoms. The van der Waals surface area contributed by atoms with Crippen LogP contribution < -0.4 is 0 Å². The van der Waals surface area contributed by atoms with Gasteiger partial charge in [-0.25, -0.2) is 0 Å². The first-order valence-electron chi connectivity index (χ1n) is 8.87. The van der Waals surface area contributed by atoms with Crippen molar-refractivity contribution in [2.24, 2.45) is 0 Å². The first-order valence-corrected chi connectivity index (χ1v) is 8.87. The normalized spacial score (nSPS) is 27.7. The van der Waals surface area contributed by atoms with Gasteiger partial charge < -0.3 is 40.5 Å². The zero-order valence-corrected chi connectivity index (χ0v) is 15.2. The summed E-state index contributed by atoms with van der Waals surface area (Å²) < 4.78 is 5.43. The van der Waals surface area contributed by atoms with E-state index in [9.17, 15) is 35.7 Å². The second-order valence-electron chi connectivity index (χ2n) is 7.07. The van der Waals surface area contributed by atoms with Gasteiger partial charge in [-0.3, -0.25) is 0 Å². The minimum Gasteiger partial charge on any atom is -0.507 e. The van der Waals surface area contributed by atoms with Crippen LogP contribution in [0.5, 0.6) is 17.2 Å². The Morgan fingerprint density at radius 1 is 0.893 bits per heavy atom. The van der Waals surface area contributed by atoms with Crippen LogP contribution in [0.2, 0.25) is 0 Å². The molecule has 1 aliphatic heterocycles. The fraction of sp³-hybridized carbons (Fsp3) is 0.400. The van der Waals surface area contributed by atoms with Crippen molar-refractivity contribution in [1.82, 2.24) is 0 Å². The number of aliphatic hydroxyl groups is 4. The molecule has 5 atom stereocenters. The number of hydrogen-bond donors (Lipinski definition) is 7. The SMILES string of the molecule is Cc1ccc(Cc2c(O)cc(O)c([C@@H]3O[C@H](CO)[C@@H](O)[C@H](O)[C@H]3O)c2O)cc1. The molecule has 2 aromatic rings. The molecule has 3 rings (SSSR count). The molecule has 8 heteroatoms. The Morgan fingerprint density at radius 3 is 2.14 bits per heavy atom. The lowest BCUT2D eigenvalue weighted by molar-refractivity contribution is -0.232. The number of benzene rings is 2. The third-order valence-corrected chi connectivity index (χ3v) is 5.08. The van der Waals surface area contributed by atoms with Gasteiger partial charge >= 0.3 is 0 Å². The number of phenolic OH excluding ortho intramolecular Hbond substituents is 3. The molecule has 2 aromatic carbocycles. The molecule has 8 nitrogen and oxygen atoms in total. The monoisotopic (exact) mass is 392 g/mol. The molecule has 1 fully saturated rings. The third-order valence-electron chi connectivity index (χ3n) is 5.08. The first kappa shape index (κ1) is 20.4. The van der Waals surface area contributed by atoms with E-state index >= 15 is 0 Å². The summed E-state index contributed by atoms with van der Waals surface area (Å²) in [7, 11) is 0. The Labute approximate surface area is 161 Å². The van der Waals surface area contributed by atoms with Gasteiger partial charge in [0.1, 0.15) is 47.8 Å². The minimum absolute atomic E-state index is 0.105. The van der Waals surface area contributed by atoms with Gasteiger partial charge in [-0.15, -0.1) is 0 Å². The van der Waals surface area contributed by atoms with E-state index in [1.165, 1.54) is 0 Å². The van der Waals surface area contributed by atoms with Gasteiger partial charge in [0.25, 0.3) is 0 Å². The molecule has 0 bridgehead atoms. The van der Waals surface area contributed by atoms with Crippen molar-refractivity contribution in [3.63, 3.8) is 0 Å². The predicted octanol–water partition coefficient (Wildman–Crippen LogP) is 0.218. The van der Waals surface area contributed by atoms with Crippen LogP contribution in [-0.2, 0) is 11.2 Å². The zero-order chi connectivity index (χ0) is 20.6. The highest BCUT2D eigenvalue weighted by Crippen LogP contribution is 2.46. The fourth-order valence-corrected chi connectivity index (χ4v) is 3.40. The van der Waals surface area contributed by atoms with Crippen LogP contribution in [0.3, 0.4) is 0 Å². The first-order chi connectivity index (χ1) is 13.2. The van der Waals surface area contributed by atoms with E-state index in [4.69, 9.17) is 4.74 Å². The third kappa shape index (κ3) is 3.65. The molecule has 0 saturated carbocycles. The van der Waals surface area contributed by atoms with Gasteiger partial charge in [-0.05, 0) is 12.5 Å². The maximum Gasteiger partial charge on any atom is 0.132 e. The van der Waals surface area contributed by atoms with Crippen molar-refractivity contribution in [2.75, 3.05) is 6.61 Å². The van der Waals surface area contributed by atoms with Crippen molar-refractivity contribution >= 4 is 0 Å². The molecule has 0 unspecified atom stereocenters. The number of hydrogen-bond acceptors (Lipinski definition) is 8. The Hall–Kier alpha value is -2.36. The van der Waals surface area contributed by atoms with E-state index in [0.29, 0.717) is 0 Å². The summed E-state index contributed by atoms with van der Waals surface area (Å²) in [6.45, 7) is 1.29. The largest absolute Gasteiger partial charge is 0.507 e. The van der Waals surface area contributed by atoms with E-state index in [0.717, 1.165) is 17.2 Å². The van der Waals surface area contributed by atoms with Crippen LogP contribution in [0.1, 0.15) is 28.4 Å². The van der Waals surface area contributed by atoms with E-state index in [1.807, 2.05) is 31.2 Å². The summed E-state index contributed by atoms with van der Waals surface area (Å²) in [5.41, 5.74) is 1.71. The summed E-state index contributed by atoms with van der Waals surface area (Å²) in [4.78, 5) is 0.